The molecule has 1 saturated heterocycles. The van der Waals surface area contributed by atoms with E-state index >= 15 is 0 Å². The molecular weight excluding hydrogens is 296 g/mol. The molecule has 1 aromatic heterocycles. The lowest BCUT2D eigenvalue weighted by Gasteiger charge is -2.25. The van der Waals surface area contributed by atoms with Crippen LogP contribution in [-0.2, 0) is 17.1 Å². The van der Waals surface area contributed by atoms with Crippen molar-refractivity contribution in [1.29, 1.82) is 0 Å². The quantitative estimate of drug-likeness (QED) is 0.872. The Kier molecular flexibility index (Phi) is 3.87. The van der Waals surface area contributed by atoms with Gasteiger partial charge in [-0.15, -0.1) is 0 Å². The monoisotopic (exact) mass is 318 g/mol. The van der Waals surface area contributed by atoms with E-state index in [1.165, 1.54) is 0 Å². The van der Waals surface area contributed by atoms with Gasteiger partial charge in [-0.2, -0.15) is 4.31 Å². The summed E-state index contributed by atoms with van der Waals surface area (Å²) < 4.78 is 30.0. The predicted octanol–water partition coefficient (Wildman–Crippen LogP) is 3.17. The molecule has 4 nitrogen and oxygen atoms in total. The van der Waals surface area contributed by atoms with Gasteiger partial charge in [0, 0.05) is 25.5 Å². The van der Waals surface area contributed by atoms with Crippen LogP contribution in [0.1, 0.15) is 35.7 Å². The topological polar surface area (TPSA) is 42.3 Å². The van der Waals surface area contributed by atoms with Crippen LogP contribution in [0.15, 0.2) is 41.4 Å². The number of aromatic nitrogens is 1. The fourth-order valence-corrected chi connectivity index (χ4v) is 5.24. The van der Waals surface area contributed by atoms with Crippen LogP contribution in [0.2, 0.25) is 0 Å². The zero-order chi connectivity index (χ0) is 15.9. The first-order valence-electron chi connectivity index (χ1n) is 7.61. The molecule has 3 rings (SSSR count). The molecule has 2 aromatic rings. The number of hydrogen-bond donors (Lipinski definition) is 0. The molecule has 0 saturated carbocycles. The third-order valence-corrected chi connectivity index (χ3v) is 6.51. The van der Waals surface area contributed by atoms with Gasteiger partial charge in [-0.25, -0.2) is 8.42 Å². The third kappa shape index (κ3) is 2.48. The lowest BCUT2D eigenvalue weighted by Crippen LogP contribution is -2.32. The largest absolute Gasteiger partial charge is 0.353 e. The van der Waals surface area contributed by atoms with E-state index in [0.717, 1.165) is 29.7 Å². The van der Waals surface area contributed by atoms with E-state index in [-0.39, 0.29) is 6.04 Å². The van der Waals surface area contributed by atoms with Crippen molar-refractivity contribution in [3.05, 3.63) is 53.3 Å². The Morgan fingerprint density at radius 3 is 2.64 bits per heavy atom. The first-order chi connectivity index (χ1) is 10.4. The highest BCUT2D eigenvalue weighted by molar-refractivity contribution is 7.89. The molecule has 0 amide bonds. The van der Waals surface area contributed by atoms with Crippen molar-refractivity contribution < 1.29 is 8.42 Å². The molecule has 1 aromatic carbocycles. The Morgan fingerprint density at radius 1 is 1.18 bits per heavy atom. The number of aryl methyl sites for hydroxylation is 3. The van der Waals surface area contributed by atoms with Gasteiger partial charge in [-0.05, 0) is 56.0 Å². The van der Waals surface area contributed by atoms with Crippen molar-refractivity contribution in [2.75, 3.05) is 6.54 Å². The predicted molar refractivity (Wildman–Crippen MR) is 87.2 cm³/mol. The van der Waals surface area contributed by atoms with Gasteiger partial charge in [0.15, 0.2) is 0 Å². The van der Waals surface area contributed by atoms with Crippen LogP contribution >= 0.6 is 0 Å². The fourth-order valence-electron chi connectivity index (χ4n) is 3.26. The highest BCUT2D eigenvalue weighted by Gasteiger charge is 2.37. The van der Waals surface area contributed by atoms with Gasteiger partial charge in [0.1, 0.15) is 0 Å². The third-order valence-electron chi connectivity index (χ3n) is 4.46. The number of sulfonamides is 1. The average Bonchev–Trinajstić information content (AvgIpc) is 3.09. The summed E-state index contributed by atoms with van der Waals surface area (Å²) >= 11 is 0. The fraction of sp³-hybridized carbons (Fsp3) is 0.412. The van der Waals surface area contributed by atoms with Crippen molar-refractivity contribution in [2.45, 2.75) is 37.6 Å². The molecule has 1 aliphatic heterocycles. The standard InChI is InChI=1S/C17H22N2O2S/c1-13-8-9-14(2)17(12-13)22(20,21)19-11-5-7-16(19)15-6-4-10-18(15)3/h4,6,8-10,12,16H,5,7,11H2,1-3H3/t16-/m0/s1. The SMILES string of the molecule is Cc1ccc(C)c(S(=O)(=O)N2CCC[C@H]2c2cccn2C)c1. The minimum Gasteiger partial charge on any atom is -0.353 e. The van der Waals surface area contributed by atoms with Crippen LogP contribution in [0.5, 0.6) is 0 Å². The van der Waals surface area contributed by atoms with E-state index in [2.05, 4.69) is 0 Å². The molecule has 0 radical (unpaired) electrons. The molecule has 5 heteroatoms. The summed E-state index contributed by atoms with van der Waals surface area (Å²) in [6.07, 6.45) is 3.75. The maximum absolute atomic E-state index is 13.1. The van der Waals surface area contributed by atoms with Gasteiger partial charge in [0.05, 0.1) is 10.9 Å². The molecular formula is C17H22N2O2S. The van der Waals surface area contributed by atoms with Crippen molar-refractivity contribution in [1.82, 2.24) is 8.87 Å². The minimum absolute atomic E-state index is 0.0649. The molecule has 1 fully saturated rings. The van der Waals surface area contributed by atoms with Crippen molar-refractivity contribution in [3.63, 3.8) is 0 Å². The molecule has 1 atom stereocenters. The second-order valence-electron chi connectivity index (χ2n) is 6.09. The smallest absolute Gasteiger partial charge is 0.243 e. The van der Waals surface area contributed by atoms with E-state index in [1.807, 2.05) is 55.9 Å². The van der Waals surface area contributed by atoms with Crippen LogP contribution in [0, 0.1) is 13.8 Å². The molecule has 0 spiro atoms. The van der Waals surface area contributed by atoms with Crippen LogP contribution in [0.3, 0.4) is 0 Å². The second-order valence-corrected chi connectivity index (χ2v) is 7.95. The van der Waals surface area contributed by atoms with Crippen molar-refractivity contribution in [3.8, 4) is 0 Å². The highest BCUT2D eigenvalue weighted by Crippen LogP contribution is 2.37. The first-order valence-corrected chi connectivity index (χ1v) is 9.05. The maximum atomic E-state index is 13.1. The highest BCUT2D eigenvalue weighted by atomic mass is 32.2. The van der Waals surface area contributed by atoms with E-state index in [9.17, 15) is 8.42 Å². The van der Waals surface area contributed by atoms with Gasteiger partial charge in [-0.1, -0.05) is 12.1 Å². The van der Waals surface area contributed by atoms with Gasteiger partial charge in [0.25, 0.3) is 0 Å². The zero-order valence-corrected chi connectivity index (χ0v) is 14.1. The maximum Gasteiger partial charge on any atom is 0.243 e. The summed E-state index contributed by atoms with van der Waals surface area (Å²) in [5.74, 6) is 0. The van der Waals surface area contributed by atoms with E-state index in [0.29, 0.717) is 11.4 Å². The normalized spacial score (nSPS) is 19.7. The van der Waals surface area contributed by atoms with Crippen molar-refractivity contribution in [2.24, 2.45) is 7.05 Å². The molecule has 0 bridgehead atoms. The molecule has 22 heavy (non-hydrogen) atoms. The average molecular weight is 318 g/mol. The Morgan fingerprint density at radius 2 is 1.95 bits per heavy atom. The van der Waals surface area contributed by atoms with Crippen LogP contribution < -0.4 is 0 Å². The summed E-state index contributed by atoms with van der Waals surface area (Å²) in [7, 11) is -1.50. The Hall–Kier alpha value is -1.59. The number of nitrogens with zero attached hydrogens (tertiary/aromatic N) is 2. The van der Waals surface area contributed by atoms with Crippen LogP contribution in [0.25, 0.3) is 0 Å². The summed E-state index contributed by atoms with van der Waals surface area (Å²) in [5.41, 5.74) is 2.84. The summed E-state index contributed by atoms with van der Waals surface area (Å²) in [5, 5.41) is 0. The zero-order valence-electron chi connectivity index (χ0n) is 13.3. The molecule has 118 valence electrons. The molecule has 0 aliphatic carbocycles. The lowest BCUT2D eigenvalue weighted by atomic mass is 10.1. The van der Waals surface area contributed by atoms with Gasteiger partial charge < -0.3 is 4.57 Å². The number of benzene rings is 1. The van der Waals surface area contributed by atoms with Gasteiger partial charge in [-0.3, -0.25) is 0 Å². The van der Waals surface area contributed by atoms with Crippen LogP contribution in [-0.4, -0.2) is 23.8 Å². The Bertz CT molecular complexity index is 793. The van der Waals surface area contributed by atoms with E-state index in [1.54, 1.807) is 10.4 Å². The Labute approximate surface area is 132 Å². The summed E-state index contributed by atoms with van der Waals surface area (Å²) in [6.45, 7) is 4.38. The number of hydrogen-bond acceptors (Lipinski definition) is 2. The van der Waals surface area contributed by atoms with Gasteiger partial charge in [0.2, 0.25) is 10.0 Å². The van der Waals surface area contributed by atoms with Crippen LogP contribution in [0.4, 0.5) is 0 Å². The Balaban J connectivity index is 2.05. The first kappa shape index (κ1) is 15.3. The lowest BCUT2D eigenvalue weighted by molar-refractivity contribution is 0.384. The molecule has 0 N–H and O–H groups in total. The minimum atomic E-state index is -3.46. The summed E-state index contributed by atoms with van der Waals surface area (Å²) in [4.78, 5) is 0.439. The second kappa shape index (κ2) is 5.56. The molecule has 1 aliphatic rings. The molecule has 0 unspecified atom stereocenters. The molecule has 2 heterocycles. The van der Waals surface area contributed by atoms with E-state index < -0.39 is 10.0 Å². The van der Waals surface area contributed by atoms with Crippen molar-refractivity contribution >= 4 is 10.0 Å². The van der Waals surface area contributed by atoms with Gasteiger partial charge >= 0.3 is 0 Å². The number of rotatable bonds is 3. The van der Waals surface area contributed by atoms with E-state index in [4.69, 9.17) is 0 Å². The summed E-state index contributed by atoms with van der Waals surface area (Å²) in [6, 6.07) is 9.54.